The van der Waals surface area contributed by atoms with Crippen molar-refractivity contribution in [3.8, 4) is 0 Å². The topological polar surface area (TPSA) is 51.5 Å². The molecule has 4 nitrogen and oxygen atoms in total. The highest BCUT2D eigenvalue weighted by atomic mass is 16.5. The summed E-state index contributed by atoms with van der Waals surface area (Å²) >= 11 is 0. The number of nitrogens with zero attached hydrogens (tertiary/aromatic N) is 1. The SMILES string of the molecule is COC(=O)C(O)Cc1cccn1C. The molecular formula is C9H13NO3. The van der Waals surface area contributed by atoms with Crippen molar-refractivity contribution in [2.45, 2.75) is 12.5 Å². The lowest BCUT2D eigenvalue weighted by Crippen LogP contribution is -2.24. The quantitative estimate of drug-likeness (QED) is 0.676. The fourth-order valence-corrected chi connectivity index (χ4v) is 1.13. The molecule has 13 heavy (non-hydrogen) atoms. The van der Waals surface area contributed by atoms with Crippen LogP contribution < -0.4 is 0 Å². The molecule has 0 spiro atoms. The summed E-state index contributed by atoms with van der Waals surface area (Å²) in [6.07, 6.45) is 1.08. The number of aliphatic hydroxyl groups is 1. The van der Waals surface area contributed by atoms with Crippen molar-refractivity contribution in [3.63, 3.8) is 0 Å². The third-order valence-corrected chi connectivity index (χ3v) is 1.93. The minimum Gasteiger partial charge on any atom is -0.467 e. The lowest BCUT2D eigenvalue weighted by atomic mass is 10.2. The first-order chi connectivity index (χ1) is 6.15. The summed E-state index contributed by atoms with van der Waals surface area (Å²) in [6.45, 7) is 0. The van der Waals surface area contributed by atoms with Gasteiger partial charge in [-0.05, 0) is 12.1 Å². The van der Waals surface area contributed by atoms with E-state index in [9.17, 15) is 9.90 Å². The normalized spacial score (nSPS) is 12.5. The van der Waals surface area contributed by atoms with Gasteiger partial charge in [0, 0.05) is 25.4 Å². The van der Waals surface area contributed by atoms with E-state index in [0.29, 0.717) is 0 Å². The highest BCUT2D eigenvalue weighted by molar-refractivity contribution is 5.74. The van der Waals surface area contributed by atoms with Crippen LogP contribution in [0.4, 0.5) is 0 Å². The van der Waals surface area contributed by atoms with Crippen LogP contribution in [0.5, 0.6) is 0 Å². The zero-order valence-corrected chi connectivity index (χ0v) is 7.73. The first-order valence-electron chi connectivity index (χ1n) is 4.01. The summed E-state index contributed by atoms with van der Waals surface area (Å²) in [6, 6.07) is 3.71. The third-order valence-electron chi connectivity index (χ3n) is 1.93. The van der Waals surface area contributed by atoms with Gasteiger partial charge in [-0.1, -0.05) is 0 Å². The second kappa shape index (κ2) is 4.09. The minimum absolute atomic E-state index is 0.288. The molecule has 1 N–H and O–H groups in total. The average Bonchev–Trinajstić information content (AvgIpc) is 2.50. The number of carbonyl (C=O) groups is 1. The molecule has 0 fully saturated rings. The van der Waals surface area contributed by atoms with Crippen molar-refractivity contribution < 1.29 is 14.6 Å². The Hall–Kier alpha value is -1.29. The number of hydrogen-bond donors (Lipinski definition) is 1. The predicted molar refractivity (Wildman–Crippen MR) is 47.1 cm³/mol. The van der Waals surface area contributed by atoms with E-state index in [1.165, 1.54) is 7.11 Å². The van der Waals surface area contributed by atoms with Gasteiger partial charge in [-0.2, -0.15) is 0 Å². The predicted octanol–water partition coefficient (Wildman–Crippen LogP) is 0.101. The first-order valence-corrected chi connectivity index (χ1v) is 4.01. The van der Waals surface area contributed by atoms with Crippen molar-refractivity contribution in [1.82, 2.24) is 4.57 Å². The van der Waals surface area contributed by atoms with E-state index in [0.717, 1.165) is 5.69 Å². The van der Waals surface area contributed by atoms with Crippen LogP contribution in [0.1, 0.15) is 5.69 Å². The standard InChI is InChI=1S/C9H13NO3/c1-10-5-3-4-7(10)6-8(11)9(12)13-2/h3-5,8,11H,6H2,1-2H3. The van der Waals surface area contributed by atoms with E-state index in [4.69, 9.17) is 0 Å². The van der Waals surface area contributed by atoms with Crippen LogP contribution in [-0.4, -0.2) is 28.9 Å². The van der Waals surface area contributed by atoms with Gasteiger partial charge >= 0.3 is 5.97 Å². The van der Waals surface area contributed by atoms with Gasteiger partial charge in [0.25, 0.3) is 0 Å². The van der Waals surface area contributed by atoms with Crippen LogP contribution in [0.3, 0.4) is 0 Å². The molecule has 0 amide bonds. The van der Waals surface area contributed by atoms with E-state index in [2.05, 4.69) is 4.74 Å². The van der Waals surface area contributed by atoms with E-state index < -0.39 is 12.1 Å². The van der Waals surface area contributed by atoms with E-state index in [-0.39, 0.29) is 6.42 Å². The molecule has 1 aromatic heterocycles. The monoisotopic (exact) mass is 183 g/mol. The number of carbonyl (C=O) groups excluding carboxylic acids is 1. The third kappa shape index (κ3) is 2.32. The molecule has 1 rings (SSSR count). The maximum Gasteiger partial charge on any atom is 0.335 e. The summed E-state index contributed by atoms with van der Waals surface area (Å²) in [5, 5.41) is 9.33. The van der Waals surface area contributed by atoms with Crippen molar-refractivity contribution >= 4 is 5.97 Å². The van der Waals surface area contributed by atoms with Gasteiger partial charge < -0.3 is 14.4 Å². The van der Waals surface area contributed by atoms with Gasteiger partial charge in [0.1, 0.15) is 0 Å². The lowest BCUT2D eigenvalue weighted by molar-refractivity contribution is -0.150. The minimum atomic E-state index is -1.07. The Balaban J connectivity index is 2.59. The Bertz CT molecular complexity index is 293. The Morgan fingerprint density at radius 1 is 1.77 bits per heavy atom. The van der Waals surface area contributed by atoms with Crippen LogP contribution in [0.15, 0.2) is 18.3 Å². The summed E-state index contributed by atoms with van der Waals surface area (Å²) < 4.78 is 6.26. The number of hydrogen-bond acceptors (Lipinski definition) is 3. The highest BCUT2D eigenvalue weighted by Crippen LogP contribution is 2.04. The number of aromatic nitrogens is 1. The van der Waals surface area contributed by atoms with Crippen molar-refractivity contribution in [2.24, 2.45) is 7.05 Å². The molecule has 0 aromatic carbocycles. The number of aliphatic hydroxyl groups excluding tert-OH is 1. The zero-order chi connectivity index (χ0) is 9.84. The van der Waals surface area contributed by atoms with Crippen molar-refractivity contribution in [1.29, 1.82) is 0 Å². The maximum absolute atomic E-state index is 10.9. The molecule has 72 valence electrons. The molecule has 4 heteroatoms. The molecule has 0 aliphatic heterocycles. The van der Waals surface area contributed by atoms with Gasteiger partial charge in [-0.3, -0.25) is 0 Å². The van der Waals surface area contributed by atoms with Crippen LogP contribution >= 0.6 is 0 Å². The van der Waals surface area contributed by atoms with Crippen molar-refractivity contribution in [3.05, 3.63) is 24.0 Å². The van der Waals surface area contributed by atoms with Crippen LogP contribution in [0.2, 0.25) is 0 Å². The Morgan fingerprint density at radius 3 is 2.92 bits per heavy atom. The Morgan fingerprint density at radius 2 is 2.46 bits per heavy atom. The summed E-state index contributed by atoms with van der Waals surface area (Å²) in [7, 11) is 3.12. The van der Waals surface area contributed by atoms with Gasteiger partial charge in [-0.15, -0.1) is 0 Å². The molecule has 0 aliphatic rings. The Labute approximate surface area is 76.7 Å². The average molecular weight is 183 g/mol. The Kier molecular flexibility index (Phi) is 3.08. The largest absolute Gasteiger partial charge is 0.467 e. The molecular weight excluding hydrogens is 170 g/mol. The van der Waals surface area contributed by atoms with Gasteiger partial charge in [-0.25, -0.2) is 4.79 Å². The number of esters is 1. The fourth-order valence-electron chi connectivity index (χ4n) is 1.13. The highest BCUT2D eigenvalue weighted by Gasteiger charge is 2.16. The van der Waals surface area contributed by atoms with Crippen molar-refractivity contribution in [2.75, 3.05) is 7.11 Å². The smallest absolute Gasteiger partial charge is 0.335 e. The van der Waals surface area contributed by atoms with E-state index >= 15 is 0 Å². The molecule has 1 heterocycles. The molecule has 0 bridgehead atoms. The first kappa shape index (κ1) is 9.80. The van der Waals surface area contributed by atoms with Crippen LogP contribution in [0.25, 0.3) is 0 Å². The molecule has 0 saturated heterocycles. The maximum atomic E-state index is 10.9. The molecule has 0 aliphatic carbocycles. The molecule has 1 aromatic rings. The van der Waals surface area contributed by atoms with Gasteiger partial charge in [0.15, 0.2) is 6.10 Å². The molecule has 0 saturated carbocycles. The van der Waals surface area contributed by atoms with Gasteiger partial charge in [0.05, 0.1) is 7.11 Å². The van der Waals surface area contributed by atoms with Crippen LogP contribution in [0, 0.1) is 0 Å². The lowest BCUT2D eigenvalue weighted by Gasteiger charge is -2.08. The second-order valence-corrected chi connectivity index (χ2v) is 2.85. The van der Waals surface area contributed by atoms with Gasteiger partial charge in [0.2, 0.25) is 0 Å². The number of aryl methyl sites for hydroxylation is 1. The number of methoxy groups -OCH3 is 1. The van der Waals surface area contributed by atoms with E-state index in [1.54, 1.807) is 0 Å². The molecule has 1 atom stereocenters. The summed E-state index contributed by atoms with van der Waals surface area (Å²) in [5.74, 6) is -0.596. The molecule has 1 unspecified atom stereocenters. The summed E-state index contributed by atoms with van der Waals surface area (Å²) in [5.41, 5.74) is 0.901. The molecule has 0 radical (unpaired) electrons. The number of ether oxygens (including phenoxy) is 1. The number of rotatable bonds is 3. The van der Waals surface area contributed by atoms with Crippen LogP contribution in [-0.2, 0) is 23.0 Å². The second-order valence-electron chi connectivity index (χ2n) is 2.85. The van der Waals surface area contributed by atoms with E-state index in [1.807, 2.05) is 29.9 Å². The summed E-state index contributed by atoms with van der Waals surface area (Å²) in [4.78, 5) is 10.9. The zero-order valence-electron chi connectivity index (χ0n) is 7.73. The fraction of sp³-hybridized carbons (Fsp3) is 0.444.